The number of phenolic OH excluding ortho intramolecular Hbond substituents is 1. The Labute approximate surface area is 189 Å². The van der Waals surface area contributed by atoms with Gasteiger partial charge in [0.05, 0.1) is 11.4 Å². The summed E-state index contributed by atoms with van der Waals surface area (Å²) in [5.74, 6) is -0.170. The SMILES string of the molecule is Cc1c(NC(=O)c2cc(C(C)(C)C)c(O)c(C(C)(C)C)c2)c(=O)n(-c2ccccc2)n1C. The fourth-order valence-electron chi connectivity index (χ4n) is 3.81. The molecule has 0 unspecified atom stereocenters. The zero-order valence-corrected chi connectivity index (χ0v) is 20.2. The lowest BCUT2D eigenvalue weighted by Crippen LogP contribution is -2.24. The molecular weight excluding hydrogens is 402 g/mol. The van der Waals surface area contributed by atoms with E-state index in [-0.39, 0.29) is 33.7 Å². The van der Waals surface area contributed by atoms with Gasteiger partial charge in [0.15, 0.2) is 0 Å². The molecular formula is C26H33N3O3. The smallest absolute Gasteiger partial charge is 0.295 e. The molecule has 3 aromatic rings. The summed E-state index contributed by atoms with van der Waals surface area (Å²) >= 11 is 0. The predicted molar refractivity (Wildman–Crippen MR) is 129 cm³/mol. The van der Waals surface area contributed by atoms with Crippen LogP contribution >= 0.6 is 0 Å². The molecule has 2 aromatic carbocycles. The monoisotopic (exact) mass is 435 g/mol. The van der Waals surface area contributed by atoms with Crippen LogP contribution in [0.1, 0.15) is 68.7 Å². The Morgan fingerprint density at radius 1 is 0.938 bits per heavy atom. The summed E-state index contributed by atoms with van der Waals surface area (Å²) in [6, 6.07) is 12.7. The molecule has 0 aliphatic carbocycles. The van der Waals surface area contributed by atoms with Crippen molar-refractivity contribution in [3.63, 3.8) is 0 Å². The topological polar surface area (TPSA) is 76.3 Å². The van der Waals surface area contributed by atoms with E-state index in [2.05, 4.69) is 5.32 Å². The van der Waals surface area contributed by atoms with E-state index in [0.29, 0.717) is 22.4 Å². The van der Waals surface area contributed by atoms with Crippen LogP contribution in [0.5, 0.6) is 5.75 Å². The van der Waals surface area contributed by atoms with Crippen molar-refractivity contribution >= 4 is 11.6 Å². The molecule has 0 aliphatic rings. The Bertz CT molecular complexity index is 1190. The van der Waals surface area contributed by atoms with Gasteiger partial charge in [0, 0.05) is 23.7 Å². The Balaban J connectivity index is 2.10. The molecule has 6 heteroatoms. The van der Waals surface area contributed by atoms with Crippen molar-refractivity contribution in [2.24, 2.45) is 7.05 Å². The number of phenols is 1. The largest absolute Gasteiger partial charge is 0.507 e. The number of benzene rings is 2. The first-order valence-corrected chi connectivity index (χ1v) is 10.8. The molecule has 3 rings (SSSR count). The first-order chi connectivity index (χ1) is 14.7. The van der Waals surface area contributed by atoms with E-state index in [1.54, 1.807) is 30.8 Å². The Morgan fingerprint density at radius 2 is 1.44 bits per heavy atom. The number of carbonyl (C=O) groups excluding carboxylic acids is 1. The van der Waals surface area contributed by atoms with Crippen LogP contribution in [-0.4, -0.2) is 20.4 Å². The van der Waals surface area contributed by atoms with E-state index in [1.165, 1.54) is 4.68 Å². The van der Waals surface area contributed by atoms with Gasteiger partial charge < -0.3 is 10.4 Å². The number of hydrogen-bond acceptors (Lipinski definition) is 3. The zero-order valence-electron chi connectivity index (χ0n) is 20.2. The van der Waals surface area contributed by atoms with E-state index < -0.39 is 0 Å². The summed E-state index contributed by atoms with van der Waals surface area (Å²) in [4.78, 5) is 26.5. The summed E-state index contributed by atoms with van der Waals surface area (Å²) in [5.41, 5.74) is 2.40. The minimum Gasteiger partial charge on any atom is -0.507 e. The van der Waals surface area contributed by atoms with Crippen molar-refractivity contribution in [3.8, 4) is 11.4 Å². The van der Waals surface area contributed by atoms with Crippen LogP contribution in [0.2, 0.25) is 0 Å². The van der Waals surface area contributed by atoms with Crippen LogP contribution < -0.4 is 10.9 Å². The molecule has 0 fully saturated rings. The number of nitrogens with one attached hydrogen (secondary N) is 1. The summed E-state index contributed by atoms with van der Waals surface area (Å²) < 4.78 is 3.26. The Morgan fingerprint density at radius 3 is 1.91 bits per heavy atom. The molecule has 1 amide bonds. The number of aromatic hydroxyl groups is 1. The lowest BCUT2D eigenvalue weighted by Gasteiger charge is -2.28. The summed E-state index contributed by atoms with van der Waals surface area (Å²) in [5, 5.41) is 13.7. The highest BCUT2D eigenvalue weighted by Crippen LogP contribution is 2.39. The van der Waals surface area contributed by atoms with E-state index in [9.17, 15) is 14.7 Å². The minimum absolute atomic E-state index is 0.212. The maximum atomic E-state index is 13.3. The highest BCUT2D eigenvalue weighted by molar-refractivity contribution is 6.05. The van der Waals surface area contributed by atoms with Crippen LogP contribution in [0.15, 0.2) is 47.3 Å². The van der Waals surface area contributed by atoms with E-state index >= 15 is 0 Å². The fourth-order valence-corrected chi connectivity index (χ4v) is 3.81. The van der Waals surface area contributed by atoms with Gasteiger partial charge in [-0.3, -0.25) is 14.3 Å². The van der Waals surface area contributed by atoms with Gasteiger partial charge in [0.25, 0.3) is 11.5 Å². The summed E-state index contributed by atoms with van der Waals surface area (Å²) in [6.45, 7) is 13.8. The molecule has 0 bridgehead atoms. The van der Waals surface area contributed by atoms with Crippen LogP contribution in [0, 0.1) is 6.92 Å². The van der Waals surface area contributed by atoms with Gasteiger partial charge in [-0.25, -0.2) is 4.68 Å². The highest BCUT2D eigenvalue weighted by Gasteiger charge is 2.28. The fraction of sp³-hybridized carbons (Fsp3) is 0.385. The van der Waals surface area contributed by atoms with Crippen LogP contribution in [0.25, 0.3) is 5.69 Å². The first-order valence-electron chi connectivity index (χ1n) is 10.8. The van der Waals surface area contributed by atoms with Crippen LogP contribution in [-0.2, 0) is 17.9 Å². The average molecular weight is 436 g/mol. The number of carbonyl (C=O) groups is 1. The van der Waals surface area contributed by atoms with Gasteiger partial charge in [-0.1, -0.05) is 59.7 Å². The molecule has 0 saturated carbocycles. The Kier molecular flexibility index (Phi) is 5.85. The maximum Gasteiger partial charge on any atom is 0.295 e. The van der Waals surface area contributed by atoms with Crippen LogP contribution in [0.4, 0.5) is 5.69 Å². The van der Waals surface area contributed by atoms with Crippen molar-refractivity contribution in [2.45, 2.75) is 59.3 Å². The second-order valence-electron chi connectivity index (χ2n) is 10.3. The van der Waals surface area contributed by atoms with Crippen molar-refractivity contribution in [1.82, 2.24) is 9.36 Å². The normalized spacial score (nSPS) is 12.1. The van der Waals surface area contributed by atoms with Gasteiger partial charge in [0.2, 0.25) is 0 Å². The molecule has 0 spiro atoms. The predicted octanol–water partition coefficient (Wildman–Crippen LogP) is 5.04. The molecule has 0 radical (unpaired) electrons. The summed E-state index contributed by atoms with van der Waals surface area (Å²) in [6.07, 6.45) is 0. The maximum absolute atomic E-state index is 13.3. The number of rotatable bonds is 3. The third kappa shape index (κ3) is 4.22. The number of nitrogens with zero attached hydrogens (tertiary/aromatic N) is 2. The van der Waals surface area contributed by atoms with Gasteiger partial charge in [-0.2, -0.15) is 0 Å². The third-order valence-corrected chi connectivity index (χ3v) is 5.78. The molecule has 0 atom stereocenters. The lowest BCUT2D eigenvalue weighted by atomic mass is 9.78. The number of para-hydroxylation sites is 1. The van der Waals surface area contributed by atoms with Gasteiger partial charge in [0.1, 0.15) is 11.4 Å². The quantitative estimate of drug-likeness (QED) is 0.605. The molecule has 2 N–H and O–H groups in total. The lowest BCUT2D eigenvalue weighted by molar-refractivity contribution is 0.102. The van der Waals surface area contributed by atoms with Crippen molar-refractivity contribution in [2.75, 3.05) is 5.32 Å². The highest BCUT2D eigenvalue weighted by atomic mass is 16.3. The van der Waals surface area contributed by atoms with E-state index in [4.69, 9.17) is 0 Å². The zero-order chi connectivity index (χ0) is 24.0. The molecule has 6 nitrogen and oxygen atoms in total. The minimum atomic E-state index is -0.382. The van der Waals surface area contributed by atoms with Gasteiger partial charge in [-0.15, -0.1) is 0 Å². The standard InChI is InChI=1S/C26H33N3O3/c1-16-21(24(32)29(28(16)8)18-12-10-9-11-13-18)27-23(31)17-14-19(25(2,3)4)22(30)20(15-17)26(5,6)7/h9-15,30H,1-8H3,(H,27,31). The van der Waals surface area contributed by atoms with Gasteiger partial charge >= 0.3 is 0 Å². The average Bonchev–Trinajstić information content (AvgIpc) is 2.90. The molecule has 1 heterocycles. The van der Waals surface area contributed by atoms with Crippen molar-refractivity contribution < 1.29 is 9.90 Å². The molecule has 0 saturated heterocycles. The molecule has 0 aliphatic heterocycles. The second-order valence-corrected chi connectivity index (χ2v) is 10.3. The number of amides is 1. The summed E-state index contributed by atoms with van der Waals surface area (Å²) in [7, 11) is 1.79. The molecule has 1 aromatic heterocycles. The van der Waals surface area contributed by atoms with E-state index in [1.807, 2.05) is 71.9 Å². The van der Waals surface area contributed by atoms with E-state index in [0.717, 1.165) is 5.69 Å². The number of aromatic nitrogens is 2. The molecule has 32 heavy (non-hydrogen) atoms. The van der Waals surface area contributed by atoms with Gasteiger partial charge in [-0.05, 0) is 42.0 Å². The number of anilines is 1. The first kappa shape index (κ1) is 23.4. The third-order valence-electron chi connectivity index (χ3n) is 5.78. The number of hydrogen-bond donors (Lipinski definition) is 2. The van der Waals surface area contributed by atoms with Crippen molar-refractivity contribution in [1.29, 1.82) is 0 Å². The van der Waals surface area contributed by atoms with Crippen LogP contribution in [0.3, 0.4) is 0 Å². The Hall–Kier alpha value is -3.28. The van der Waals surface area contributed by atoms with Crippen molar-refractivity contribution in [3.05, 3.63) is 75.2 Å². The molecule has 170 valence electrons. The second kappa shape index (κ2) is 8.01.